The van der Waals surface area contributed by atoms with Crippen LogP contribution >= 0.6 is 0 Å². The molecule has 0 saturated heterocycles. The van der Waals surface area contributed by atoms with Crippen LogP contribution in [0.25, 0.3) is 98.4 Å². The van der Waals surface area contributed by atoms with Gasteiger partial charge in [0.05, 0.1) is 0 Å². The molecular formula is C54H40. The molecule has 10 rings (SSSR count). The van der Waals surface area contributed by atoms with Gasteiger partial charge in [-0.05, 0) is 128 Å². The third-order valence-corrected chi connectivity index (χ3v) is 11.4. The van der Waals surface area contributed by atoms with E-state index in [9.17, 15) is 0 Å². The lowest BCUT2D eigenvalue weighted by molar-refractivity contribution is 0.591. The first-order valence-corrected chi connectivity index (χ1v) is 19.0. The number of hydrogen-bond acceptors (Lipinski definition) is 0. The highest BCUT2D eigenvalue weighted by atomic mass is 14.2. The number of fused-ring (bicyclic) bond motifs is 6. The Morgan fingerprint density at radius 2 is 0.796 bits per heavy atom. The van der Waals surface area contributed by atoms with Gasteiger partial charge in [-0.1, -0.05) is 191 Å². The minimum atomic E-state index is 0.00883. The Hall–Kier alpha value is -6.50. The fraction of sp³-hybridized carbons (Fsp3) is 0.0741. The highest BCUT2D eigenvalue weighted by molar-refractivity contribution is 6.22. The Kier molecular flexibility index (Phi) is 7.49. The molecule has 0 N–H and O–H groups in total. The predicted octanol–water partition coefficient (Wildman–Crippen LogP) is 15.4. The zero-order valence-electron chi connectivity index (χ0n) is 30.9. The average Bonchev–Trinajstić information content (AvgIpc) is 3.22. The molecule has 10 aromatic rings. The maximum absolute atomic E-state index is 2.46. The van der Waals surface area contributed by atoms with Gasteiger partial charge in [0.2, 0.25) is 0 Å². The summed E-state index contributed by atoms with van der Waals surface area (Å²) in [6.07, 6.45) is 0. The van der Waals surface area contributed by atoms with E-state index in [0.717, 1.165) is 0 Å². The zero-order chi connectivity index (χ0) is 36.4. The van der Waals surface area contributed by atoms with E-state index in [4.69, 9.17) is 0 Å². The second kappa shape index (κ2) is 12.6. The number of benzene rings is 10. The van der Waals surface area contributed by atoms with E-state index in [2.05, 4.69) is 209 Å². The first-order chi connectivity index (χ1) is 26.4. The van der Waals surface area contributed by atoms with Crippen LogP contribution in [0.1, 0.15) is 26.3 Å². The van der Waals surface area contributed by atoms with E-state index < -0.39 is 0 Å². The van der Waals surface area contributed by atoms with Crippen LogP contribution in [0.15, 0.2) is 188 Å². The van der Waals surface area contributed by atoms with Gasteiger partial charge >= 0.3 is 0 Å². The first-order valence-electron chi connectivity index (χ1n) is 19.0. The molecule has 0 aliphatic rings. The highest BCUT2D eigenvalue weighted by Gasteiger charge is 2.21. The SMILES string of the molecule is CC(C)(C)c1ccc2c(-c3ccc(-c4ccc5ccc6ccccc6c5c4)cc3)c3ccccc3c(-c3cccc(-c4cccc5ccccc45)c3)c2c1. The minimum absolute atomic E-state index is 0.00883. The molecule has 0 aromatic heterocycles. The van der Waals surface area contributed by atoms with Gasteiger partial charge in [-0.3, -0.25) is 0 Å². The monoisotopic (exact) mass is 688 g/mol. The maximum atomic E-state index is 2.46. The van der Waals surface area contributed by atoms with Crippen molar-refractivity contribution >= 4 is 53.9 Å². The van der Waals surface area contributed by atoms with Crippen LogP contribution in [-0.2, 0) is 5.41 Å². The Morgan fingerprint density at radius 1 is 0.278 bits per heavy atom. The molecule has 0 saturated carbocycles. The van der Waals surface area contributed by atoms with Crippen LogP contribution in [0.2, 0.25) is 0 Å². The Labute approximate surface area is 317 Å². The van der Waals surface area contributed by atoms with Crippen LogP contribution in [0.5, 0.6) is 0 Å². The van der Waals surface area contributed by atoms with Crippen molar-refractivity contribution in [2.45, 2.75) is 26.2 Å². The van der Waals surface area contributed by atoms with E-state index in [1.807, 2.05) is 0 Å². The van der Waals surface area contributed by atoms with Gasteiger partial charge in [0, 0.05) is 0 Å². The number of rotatable bonds is 4. The van der Waals surface area contributed by atoms with Gasteiger partial charge in [0.1, 0.15) is 0 Å². The van der Waals surface area contributed by atoms with Crippen molar-refractivity contribution in [3.8, 4) is 44.5 Å². The van der Waals surface area contributed by atoms with E-state index in [1.165, 1.54) is 104 Å². The molecule has 54 heavy (non-hydrogen) atoms. The Morgan fingerprint density at radius 3 is 1.54 bits per heavy atom. The van der Waals surface area contributed by atoms with E-state index >= 15 is 0 Å². The molecular weight excluding hydrogens is 649 g/mol. The predicted molar refractivity (Wildman–Crippen MR) is 234 cm³/mol. The molecule has 256 valence electrons. The molecule has 0 amide bonds. The molecule has 10 aromatic carbocycles. The molecule has 0 nitrogen and oxygen atoms in total. The largest absolute Gasteiger partial charge is 0.0616 e. The fourth-order valence-electron chi connectivity index (χ4n) is 8.60. The summed E-state index contributed by atoms with van der Waals surface area (Å²) in [6, 6.07) is 69.9. The van der Waals surface area contributed by atoms with Crippen molar-refractivity contribution in [3.63, 3.8) is 0 Å². The summed E-state index contributed by atoms with van der Waals surface area (Å²) in [5.74, 6) is 0. The summed E-state index contributed by atoms with van der Waals surface area (Å²) in [7, 11) is 0. The first kappa shape index (κ1) is 32.2. The number of hydrogen-bond donors (Lipinski definition) is 0. The van der Waals surface area contributed by atoms with Crippen molar-refractivity contribution in [1.82, 2.24) is 0 Å². The van der Waals surface area contributed by atoms with Crippen molar-refractivity contribution in [3.05, 3.63) is 194 Å². The Balaban J connectivity index is 1.17. The standard InChI is InChI=1S/C54H40/c1-54(2,3)43-30-31-49-51(34-43)53(42-16-10-15-41(32-42)46-21-11-14-36-12-4-6-17-44(36)46)48-20-9-8-19-47(48)52(49)39-27-22-35(23-28-39)40-29-26-38-25-24-37-13-5-7-18-45(37)50(38)33-40/h4-34H,1-3H3. The Bertz CT molecular complexity index is 3060. The van der Waals surface area contributed by atoms with Crippen LogP contribution < -0.4 is 0 Å². The summed E-state index contributed by atoms with van der Waals surface area (Å²) in [5.41, 5.74) is 11.3. The molecule has 0 heteroatoms. The van der Waals surface area contributed by atoms with Crippen LogP contribution in [0, 0.1) is 0 Å². The summed E-state index contributed by atoms with van der Waals surface area (Å²) in [6.45, 7) is 6.93. The molecule has 0 aliphatic carbocycles. The molecule has 0 aliphatic heterocycles. The zero-order valence-corrected chi connectivity index (χ0v) is 30.9. The van der Waals surface area contributed by atoms with Gasteiger partial charge in [-0.25, -0.2) is 0 Å². The van der Waals surface area contributed by atoms with Crippen molar-refractivity contribution in [2.75, 3.05) is 0 Å². The van der Waals surface area contributed by atoms with Gasteiger partial charge in [-0.15, -0.1) is 0 Å². The smallest absolute Gasteiger partial charge is 0.00261 e. The molecule has 0 heterocycles. The molecule has 0 radical (unpaired) electrons. The lowest BCUT2D eigenvalue weighted by Gasteiger charge is -2.23. The van der Waals surface area contributed by atoms with Crippen LogP contribution in [0.4, 0.5) is 0 Å². The minimum Gasteiger partial charge on any atom is -0.0616 e. The van der Waals surface area contributed by atoms with Gasteiger partial charge in [-0.2, -0.15) is 0 Å². The lowest BCUT2D eigenvalue weighted by Crippen LogP contribution is -2.10. The molecule has 0 spiro atoms. The third-order valence-electron chi connectivity index (χ3n) is 11.4. The maximum Gasteiger partial charge on any atom is -0.00261 e. The quantitative estimate of drug-likeness (QED) is 0.128. The molecule has 0 fully saturated rings. The van der Waals surface area contributed by atoms with Crippen LogP contribution in [-0.4, -0.2) is 0 Å². The molecule has 0 atom stereocenters. The molecule has 0 bridgehead atoms. The topological polar surface area (TPSA) is 0 Å². The summed E-state index contributed by atoms with van der Waals surface area (Å²) < 4.78 is 0. The fourth-order valence-corrected chi connectivity index (χ4v) is 8.60. The van der Waals surface area contributed by atoms with E-state index in [0.29, 0.717) is 0 Å². The van der Waals surface area contributed by atoms with E-state index in [-0.39, 0.29) is 5.41 Å². The lowest BCUT2D eigenvalue weighted by atomic mass is 9.81. The highest BCUT2D eigenvalue weighted by Crippen LogP contribution is 2.46. The third kappa shape index (κ3) is 5.37. The normalized spacial score (nSPS) is 12.0. The summed E-state index contributed by atoms with van der Waals surface area (Å²) in [4.78, 5) is 0. The van der Waals surface area contributed by atoms with Crippen LogP contribution in [0.3, 0.4) is 0 Å². The average molecular weight is 689 g/mol. The van der Waals surface area contributed by atoms with E-state index in [1.54, 1.807) is 0 Å². The second-order valence-electron chi connectivity index (χ2n) is 15.7. The second-order valence-corrected chi connectivity index (χ2v) is 15.7. The molecule has 0 unspecified atom stereocenters. The van der Waals surface area contributed by atoms with Crippen molar-refractivity contribution in [1.29, 1.82) is 0 Å². The van der Waals surface area contributed by atoms with Gasteiger partial charge in [0.15, 0.2) is 0 Å². The van der Waals surface area contributed by atoms with Gasteiger partial charge < -0.3 is 0 Å². The van der Waals surface area contributed by atoms with Gasteiger partial charge in [0.25, 0.3) is 0 Å². The van der Waals surface area contributed by atoms with Crippen molar-refractivity contribution < 1.29 is 0 Å². The summed E-state index contributed by atoms with van der Waals surface area (Å²) in [5, 5.41) is 12.8. The summed E-state index contributed by atoms with van der Waals surface area (Å²) >= 11 is 0. The van der Waals surface area contributed by atoms with Crippen molar-refractivity contribution in [2.24, 2.45) is 0 Å².